The van der Waals surface area contributed by atoms with Gasteiger partial charge >= 0.3 is 12.0 Å². The maximum Gasteiger partial charge on any atom is 0.328 e. The van der Waals surface area contributed by atoms with E-state index in [0.717, 1.165) is 11.3 Å². The van der Waals surface area contributed by atoms with Crippen LogP contribution in [-0.4, -0.2) is 42.1 Å². The molecule has 2 amide bonds. The zero-order valence-corrected chi connectivity index (χ0v) is 13.9. The van der Waals surface area contributed by atoms with E-state index in [2.05, 4.69) is 15.0 Å². The molecule has 1 rings (SSSR count). The first-order valence-electron chi connectivity index (χ1n) is 9.72. The second-order valence-corrected chi connectivity index (χ2v) is 6.05. The molecule has 0 bridgehead atoms. The van der Waals surface area contributed by atoms with Gasteiger partial charge in [0.25, 0.3) is 0 Å². The molecule has 0 unspecified atom stereocenters. The molecule has 6 nitrogen and oxygen atoms in total. The lowest BCUT2D eigenvalue weighted by Gasteiger charge is -2.23. The molecule has 0 aromatic carbocycles. The Hall–Kier alpha value is -1.63. The van der Waals surface area contributed by atoms with Gasteiger partial charge in [-0.1, -0.05) is 27.6 Å². The largest absolute Gasteiger partial charge is 0.467 e. The molecule has 1 N–H and O–H groups in total. The Balaban J connectivity index is 2.90. The summed E-state index contributed by atoms with van der Waals surface area (Å²) in [5, 5.41) is 4.06. The van der Waals surface area contributed by atoms with E-state index in [1.165, 1.54) is 24.4 Å². The number of rotatable bonds is 6. The second kappa shape index (κ2) is 8.12. The molecule has 22 heavy (non-hydrogen) atoms. The van der Waals surface area contributed by atoms with Crippen LogP contribution < -0.4 is 5.32 Å². The van der Waals surface area contributed by atoms with Crippen molar-refractivity contribution in [3.8, 4) is 0 Å². The number of hydrogen-bond acceptors (Lipinski definition) is 5. The topological polar surface area (TPSA) is 71.5 Å². The van der Waals surface area contributed by atoms with Gasteiger partial charge in [-0.2, -0.15) is 0 Å². The molecule has 1 aromatic rings. The van der Waals surface area contributed by atoms with Crippen LogP contribution in [0.1, 0.15) is 52.4 Å². The molecule has 1 aromatic heterocycles. The van der Waals surface area contributed by atoms with E-state index in [1.807, 2.05) is 0 Å². The Labute approximate surface area is 144 Å². The Morgan fingerprint density at radius 1 is 1.50 bits per heavy atom. The van der Waals surface area contributed by atoms with E-state index in [0.29, 0.717) is 5.69 Å². The molecular weight excluding hydrogens is 302 g/mol. The summed E-state index contributed by atoms with van der Waals surface area (Å²) in [5.41, 5.74) is 0.357. The maximum absolute atomic E-state index is 12.3. The smallest absolute Gasteiger partial charge is 0.328 e. The number of amides is 2. The van der Waals surface area contributed by atoms with Gasteiger partial charge in [0.05, 0.1) is 24.4 Å². The molecule has 0 saturated heterocycles. The zero-order chi connectivity index (χ0) is 21.9. The number of esters is 1. The predicted molar refractivity (Wildman–Crippen MR) is 86.8 cm³/mol. The SMILES string of the molecule is [2H]C([2H])([2H])C(c1nc(CN(C)C(=O)N[C@@H](C(=O)OC)C(C)C)cs1)C([2H])([2H])[2H]. The van der Waals surface area contributed by atoms with E-state index in [9.17, 15) is 9.59 Å². The normalized spacial score (nSPS) is 17.5. The number of thiazole rings is 1. The fourth-order valence-electron chi connectivity index (χ4n) is 1.71. The number of nitrogens with one attached hydrogen (secondary N) is 1. The van der Waals surface area contributed by atoms with Crippen molar-refractivity contribution in [3.63, 3.8) is 0 Å². The van der Waals surface area contributed by atoms with Crippen molar-refractivity contribution >= 4 is 23.3 Å². The van der Waals surface area contributed by atoms with Crippen molar-refractivity contribution in [2.24, 2.45) is 5.92 Å². The van der Waals surface area contributed by atoms with Crippen molar-refractivity contribution in [3.05, 3.63) is 16.1 Å². The summed E-state index contributed by atoms with van der Waals surface area (Å²) in [6.45, 7) is -1.91. The number of ether oxygens (including phenoxy) is 1. The first-order chi connectivity index (χ1) is 12.7. The minimum absolute atomic E-state index is 0.0169. The predicted octanol–water partition coefficient (Wildman–Crippen LogP) is 2.61. The number of carbonyl (C=O) groups excluding carboxylic acids is 2. The monoisotopic (exact) mass is 333 g/mol. The third-order valence-corrected chi connectivity index (χ3v) is 3.92. The van der Waals surface area contributed by atoms with Crippen molar-refractivity contribution < 1.29 is 22.6 Å². The lowest BCUT2D eigenvalue weighted by molar-refractivity contribution is -0.144. The first kappa shape index (κ1) is 11.0. The summed E-state index contributed by atoms with van der Waals surface area (Å²) in [6, 6.07) is -1.36. The Morgan fingerprint density at radius 3 is 2.73 bits per heavy atom. The average Bonchev–Trinajstić information content (AvgIpc) is 2.95. The molecule has 0 aliphatic rings. The summed E-state index contributed by atoms with van der Waals surface area (Å²) >= 11 is 0.929. The molecule has 0 radical (unpaired) electrons. The molecule has 0 spiro atoms. The van der Waals surface area contributed by atoms with Crippen molar-refractivity contribution in [2.75, 3.05) is 14.2 Å². The van der Waals surface area contributed by atoms with Gasteiger partial charge in [0, 0.05) is 26.6 Å². The molecule has 0 aliphatic carbocycles. The van der Waals surface area contributed by atoms with Crippen LogP contribution in [0.5, 0.6) is 0 Å². The summed E-state index contributed by atoms with van der Waals surface area (Å²) in [4.78, 5) is 29.5. The zero-order valence-electron chi connectivity index (χ0n) is 19.0. The minimum Gasteiger partial charge on any atom is -0.467 e. The van der Waals surface area contributed by atoms with Gasteiger partial charge in [0.1, 0.15) is 6.04 Å². The van der Waals surface area contributed by atoms with E-state index < -0.39 is 37.7 Å². The molecule has 0 saturated carbocycles. The minimum atomic E-state index is -2.73. The molecule has 1 heterocycles. The quantitative estimate of drug-likeness (QED) is 0.812. The molecular formula is C15H25N3O3S. The van der Waals surface area contributed by atoms with Crippen molar-refractivity contribution in [2.45, 2.75) is 46.1 Å². The molecule has 1 atom stereocenters. The van der Waals surface area contributed by atoms with Crippen LogP contribution in [0, 0.1) is 5.92 Å². The van der Waals surface area contributed by atoms with E-state index >= 15 is 0 Å². The first-order valence-corrected chi connectivity index (χ1v) is 7.60. The molecule has 0 aliphatic heterocycles. The summed E-state index contributed by atoms with van der Waals surface area (Å²) in [7, 11) is 2.71. The lowest BCUT2D eigenvalue weighted by Crippen LogP contribution is -2.49. The van der Waals surface area contributed by atoms with Crippen LogP contribution >= 0.6 is 11.3 Å². The van der Waals surface area contributed by atoms with Crippen LogP contribution in [0.2, 0.25) is 0 Å². The van der Waals surface area contributed by atoms with Crippen LogP contribution in [0.15, 0.2) is 5.38 Å². The van der Waals surface area contributed by atoms with Crippen LogP contribution in [-0.2, 0) is 16.1 Å². The number of nitrogens with zero attached hydrogens (tertiary/aromatic N) is 2. The number of methoxy groups -OCH3 is 1. The second-order valence-electron chi connectivity index (χ2n) is 5.16. The van der Waals surface area contributed by atoms with Gasteiger partial charge in [-0.25, -0.2) is 14.6 Å². The highest BCUT2D eigenvalue weighted by Gasteiger charge is 2.26. The highest BCUT2D eigenvalue weighted by atomic mass is 32.1. The van der Waals surface area contributed by atoms with Crippen LogP contribution in [0.3, 0.4) is 0 Å². The molecule has 0 fully saturated rings. The van der Waals surface area contributed by atoms with Crippen molar-refractivity contribution in [1.29, 1.82) is 0 Å². The van der Waals surface area contributed by atoms with Gasteiger partial charge < -0.3 is 15.0 Å². The highest BCUT2D eigenvalue weighted by Crippen LogP contribution is 2.19. The van der Waals surface area contributed by atoms with Gasteiger partial charge in [0.2, 0.25) is 0 Å². The molecule has 7 heteroatoms. The summed E-state index contributed by atoms with van der Waals surface area (Å²) in [6.07, 6.45) is 0. The number of hydrogen-bond donors (Lipinski definition) is 1. The fraction of sp³-hybridized carbons (Fsp3) is 0.667. The number of aromatic nitrogens is 1. The third kappa shape index (κ3) is 4.98. The fourth-order valence-corrected chi connectivity index (χ4v) is 2.40. The van der Waals surface area contributed by atoms with E-state index in [4.69, 9.17) is 8.22 Å². The van der Waals surface area contributed by atoms with Gasteiger partial charge in [-0.15, -0.1) is 11.3 Å². The van der Waals surface area contributed by atoms with Gasteiger partial charge in [0.15, 0.2) is 0 Å². The Morgan fingerprint density at radius 2 is 2.18 bits per heavy atom. The van der Waals surface area contributed by atoms with Gasteiger partial charge in [-0.3, -0.25) is 0 Å². The molecule has 124 valence electrons. The van der Waals surface area contributed by atoms with E-state index in [1.54, 1.807) is 13.8 Å². The van der Waals surface area contributed by atoms with E-state index in [-0.39, 0.29) is 17.5 Å². The van der Waals surface area contributed by atoms with Crippen LogP contribution in [0.25, 0.3) is 0 Å². The maximum atomic E-state index is 12.3. The standard InChI is InChI=1S/C15H25N3O3S/c1-9(2)12(14(19)21-6)17-15(20)18(5)7-11-8-22-13(16-11)10(3)4/h8-10,12H,7H2,1-6H3,(H,17,20)/t12-/m1/s1/i3D3,4D3. The highest BCUT2D eigenvalue weighted by molar-refractivity contribution is 7.09. The summed E-state index contributed by atoms with van der Waals surface area (Å²) < 4.78 is 49.7. The number of urea groups is 1. The van der Waals surface area contributed by atoms with Crippen LogP contribution in [0.4, 0.5) is 4.79 Å². The Kier molecular flexibility index (Phi) is 4.06. The Bertz CT molecular complexity index is 675. The number of carbonyl (C=O) groups is 2. The average molecular weight is 333 g/mol. The van der Waals surface area contributed by atoms with Crippen molar-refractivity contribution in [1.82, 2.24) is 15.2 Å². The van der Waals surface area contributed by atoms with Gasteiger partial charge in [-0.05, 0) is 5.92 Å². The third-order valence-electron chi connectivity index (χ3n) is 2.96. The lowest BCUT2D eigenvalue weighted by atomic mass is 10.1. The summed E-state index contributed by atoms with van der Waals surface area (Å²) in [5.74, 6) is -2.44.